The first-order valence-electron chi connectivity index (χ1n) is 7.49. The Labute approximate surface area is 129 Å². The number of hydrogen-bond donors (Lipinski definition) is 1. The van der Waals surface area contributed by atoms with Crippen LogP contribution in [0, 0.1) is 5.82 Å². The van der Waals surface area contributed by atoms with Crippen molar-refractivity contribution in [1.82, 2.24) is 4.90 Å². The first-order chi connectivity index (χ1) is 10.6. The zero-order valence-electron chi connectivity index (χ0n) is 12.6. The Kier molecular flexibility index (Phi) is 3.94. The fourth-order valence-electron chi connectivity index (χ4n) is 3.08. The molecule has 0 radical (unpaired) electrons. The molecule has 2 aromatic rings. The summed E-state index contributed by atoms with van der Waals surface area (Å²) in [6, 6.07) is 12.2. The second-order valence-corrected chi connectivity index (χ2v) is 5.64. The van der Waals surface area contributed by atoms with Gasteiger partial charge in [-0.1, -0.05) is 24.3 Å². The quantitative estimate of drug-likeness (QED) is 0.926. The van der Waals surface area contributed by atoms with Gasteiger partial charge in [0.15, 0.2) is 0 Å². The van der Waals surface area contributed by atoms with E-state index in [-0.39, 0.29) is 17.8 Å². The molecular formula is C18H19FN2O. The number of nitrogens with zero attached hydrogens (tertiary/aromatic N) is 1. The zero-order chi connectivity index (χ0) is 15.7. The van der Waals surface area contributed by atoms with E-state index in [1.54, 1.807) is 23.1 Å². The summed E-state index contributed by atoms with van der Waals surface area (Å²) in [5.74, 6) is -0.300. The first-order valence-corrected chi connectivity index (χ1v) is 7.49. The van der Waals surface area contributed by atoms with Gasteiger partial charge in [0.2, 0.25) is 0 Å². The van der Waals surface area contributed by atoms with Crippen molar-refractivity contribution in [3.8, 4) is 0 Å². The number of nitrogens with two attached hydrogens (primary N) is 1. The van der Waals surface area contributed by atoms with Gasteiger partial charge in [-0.05, 0) is 42.7 Å². The van der Waals surface area contributed by atoms with Crippen LogP contribution < -0.4 is 5.73 Å². The summed E-state index contributed by atoms with van der Waals surface area (Å²) in [4.78, 5) is 14.4. The van der Waals surface area contributed by atoms with Gasteiger partial charge >= 0.3 is 0 Å². The highest BCUT2D eigenvalue weighted by molar-refractivity contribution is 5.94. The highest BCUT2D eigenvalue weighted by Gasteiger charge is 2.30. The monoisotopic (exact) mass is 298 g/mol. The van der Waals surface area contributed by atoms with Crippen LogP contribution in [0.1, 0.15) is 40.0 Å². The molecule has 114 valence electrons. The van der Waals surface area contributed by atoms with E-state index in [0.29, 0.717) is 30.6 Å². The van der Waals surface area contributed by atoms with Crippen LogP contribution in [0.5, 0.6) is 0 Å². The van der Waals surface area contributed by atoms with Crippen LogP contribution in [0.2, 0.25) is 0 Å². The smallest absolute Gasteiger partial charge is 0.254 e. The molecule has 0 saturated heterocycles. The fraction of sp³-hybridized carbons (Fsp3) is 0.278. The van der Waals surface area contributed by atoms with E-state index in [9.17, 15) is 9.18 Å². The van der Waals surface area contributed by atoms with E-state index in [0.717, 1.165) is 11.1 Å². The van der Waals surface area contributed by atoms with E-state index < -0.39 is 0 Å². The summed E-state index contributed by atoms with van der Waals surface area (Å²) < 4.78 is 14.1. The molecular weight excluding hydrogens is 279 g/mol. The Morgan fingerprint density at radius 2 is 2.00 bits per heavy atom. The molecule has 0 aromatic heterocycles. The Balaban J connectivity index is 1.89. The summed E-state index contributed by atoms with van der Waals surface area (Å²) in [5.41, 5.74) is 8.81. The van der Waals surface area contributed by atoms with Crippen LogP contribution in [0.4, 0.5) is 4.39 Å². The fourth-order valence-corrected chi connectivity index (χ4v) is 3.08. The molecule has 1 atom stereocenters. The minimum absolute atomic E-state index is 0.0648. The Morgan fingerprint density at radius 1 is 1.27 bits per heavy atom. The lowest BCUT2D eigenvalue weighted by Crippen LogP contribution is -2.39. The molecule has 4 heteroatoms. The maximum Gasteiger partial charge on any atom is 0.254 e. The molecule has 1 heterocycles. The largest absolute Gasteiger partial charge is 0.331 e. The number of carbonyl (C=O) groups is 1. The lowest BCUT2D eigenvalue weighted by molar-refractivity contribution is 0.0674. The van der Waals surface area contributed by atoms with Crippen molar-refractivity contribution in [3.05, 3.63) is 70.5 Å². The molecule has 0 saturated carbocycles. The van der Waals surface area contributed by atoms with Gasteiger partial charge in [-0.15, -0.1) is 0 Å². The number of benzene rings is 2. The topological polar surface area (TPSA) is 46.3 Å². The van der Waals surface area contributed by atoms with Gasteiger partial charge < -0.3 is 10.6 Å². The maximum atomic E-state index is 14.1. The van der Waals surface area contributed by atoms with Gasteiger partial charge in [0, 0.05) is 24.2 Å². The predicted octanol–water partition coefficient (Wildman–Crippen LogP) is 3.04. The summed E-state index contributed by atoms with van der Waals surface area (Å²) in [7, 11) is 0. The second-order valence-electron chi connectivity index (χ2n) is 5.64. The van der Waals surface area contributed by atoms with Crippen molar-refractivity contribution < 1.29 is 9.18 Å². The molecule has 22 heavy (non-hydrogen) atoms. The lowest BCUT2D eigenvalue weighted by atomic mass is 9.92. The highest BCUT2D eigenvalue weighted by Crippen LogP contribution is 2.32. The molecule has 0 aliphatic carbocycles. The van der Waals surface area contributed by atoms with E-state index in [1.807, 2.05) is 25.1 Å². The SMILES string of the molecule is C[C@@H]1c2c(F)cccc2CCN1C(=O)c1ccc(CN)cc1. The standard InChI is InChI=1S/C18H19FN2O/c1-12-17-14(3-2-4-16(17)19)9-10-21(12)18(22)15-7-5-13(11-20)6-8-15/h2-8,12H,9-11,20H2,1H3/t12-/m1/s1. The molecule has 2 N–H and O–H groups in total. The number of amides is 1. The van der Waals surface area contributed by atoms with Gasteiger partial charge in [0.05, 0.1) is 6.04 Å². The highest BCUT2D eigenvalue weighted by atomic mass is 19.1. The molecule has 1 aliphatic rings. The van der Waals surface area contributed by atoms with E-state index in [2.05, 4.69) is 0 Å². The van der Waals surface area contributed by atoms with Gasteiger partial charge in [-0.2, -0.15) is 0 Å². The molecule has 0 unspecified atom stereocenters. The minimum Gasteiger partial charge on any atom is -0.331 e. The van der Waals surface area contributed by atoms with E-state index in [4.69, 9.17) is 5.73 Å². The Bertz CT molecular complexity index is 697. The van der Waals surface area contributed by atoms with Gasteiger partial charge in [0.25, 0.3) is 5.91 Å². The van der Waals surface area contributed by atoms with Crippen LogP contribution in [0.25, 0.3) is 0 Å². The van der Waals surface area contributed by atoms with Gasteiger partial charge in [0.1, 0.15) is 5.82 Å². The van der Waals surface area contributed by atoms with Crippen LogP contribution >= 0.6 is 0 Å². The number of carbonyl (C=O) groups excluding carboxylic acids is 1. The molecule has 3 rings (SSSR count). The first kappa shape index (κ1) is 14.7. The average molecular weight is 298 g/mol. The molecule has 0 fully saturated rings. The van der Waals surface area contributed by atoms with Gasteiger partial charge in [-0.3, -0.25) is 4.79 Å². The second kappa shape index (κ2) is 5.89. The summed E-state index contributed by atoms with van der Waals surface area (Å²) in [5, 5.41) is 0. The average Bonchev–Trinajstić information content (AvgIpc) is 2.55. The normalized spacial score (nSPS) is 17.2. The number of hydrogen-bond acceptors (Lipinski definition) is 2. The zero-order valence-corrected chi connectivity index (χ0v) is 12.6. The van der Waals surface area contributed by atoms with Crippen LogP contribution in [0.15, 0.2) is 42.5 Å². The van der Waals surface area contributed by atoms with E-state index >= 15 is 0 Å². The minimum atomic E-state index is -0.258. The molecule has 2 aromatic carbocycles. The summed E-state index contributed by atoms with van der Waals surface area (Å²) in [6.07, 6.45) is 0.685. The van der Waals surface area contributed by atoms with Gasteiger partial charge in [-0.25, -0.2) is 4.39 Å². The predicted molar refractivity (Wildman–Crippen MR) is 83.9 cm³/mol. The van der Waals surface area contributed by atoms with Crippen LogP contribution in [0.3, 0.4) is 0 Å². The van der Waals surface area contributed by atoms with E-state index in [1.165, 1.54) is 6.07 Å². The van der Waals surface area contributed by atoms with Crippen molar-refractivity contribution in [3.63, 3.8) is 0 Å². The molecule has 3 nitrogen and oxygen atoms in total. The Hall–Kier alpha value is -2.20. The van der Waals surface area contributed by atoms with Crippen LogP contribution in [-0.4, -0.2) is 17.4 Å². The third-order valence-corrected chi connectivity index (χ3v) is 4.35. The molecule has 1 aliphatic heterocycles. The third kappa shape index (κ3) is 2.50. The number of fused-ring (bicyclic) bond motifs is 1. The van der Waals surface area contributed by atoms with Crippen molar-refractivity contribution in [2.75, 3.05) is 6.54 Å². The van der Waals surface area contributed by atoms with Crippen LogP contribution in [-0.2, 0) is 13.0 Å². The summed E-state index contributed by atoms with van der Waals surface area (Å²) >= 11 is 0. The number of rotatable bonds is 2. The third-order valence-electron chi connectivity index (χ3n) is 4.35. The van der Waals surface area contributed by atoms with Crippen molar-refractivity contribution in [1.29, 1.82) is 0 Å². The maximum absolute atomic E-state index is 14.1. The molecule has 1 amide bonds. The van der Waals surface area contributed by atoms with Crippen molar-refractivity contribution in [2.45, 2.75) is 25.9 Å². The number of halogens is 1. The lowest BCUT2D eigenvalue weighted by Gasteiger charge is -2.35. The molecule has 0 bridgehead atoms. The Morgan fingerprint density at radius 3 is 2.68 bits per heavy atom. The van der Waals surface area contributed by atoms with Crippen molar-refractivity contribution in [2.24, 2.45) is 5.73 Å². The summed E-state index contributed by atoms with van der Waals surface area (Å²) in [6.45, 7) is 2.94. The molecule has 0 spiro atoms. The van der Waals surface area contributed by atoms with Crippen molar-refractivity contribution >= 4 is 5.91 Å².